The van der Waals surface area contributed by atoms with Gasteiger partial charge in [-0.15, -0.1) is 0 Å². The maximum atomic E-state index is 11.8. The Kier molecular flexibility index (Phi) is 3.72. The van der Waals surface area contributed by atoms with Crippen molar-refractivity contribution in [1.29, 1.82) is 0 Å². The minimum absolute atomic E-state index is 0.295. The van der Waals surface area contributed by atoms with Gasteiger partial charge in [0.25, 0.3) is 0 Å². The number of Topliss-reactive ketones (excluding diaryl/α,β-unsaturated/α-hetero) is 1. The van der Waals surface area contributed by atoms with E-state index in [0.29, 0.717) is 12.2 Å². The third-order valence-corrected chi connectivity index (χ3v) is 4.08. The average molecular weight is 271 g/mol. The Hall–Kier alpha value is -1.84. The molecule has 4 nitrogen and oxygen atoms in total. The van der Waals surface area contributed by atoms with Gasteiger partial charge in [-0.05, 0) is 30.9 Å². The van der Waals surface area contributed by atoms with Crippen molar-refractivity contribution in [2.45, 2.75) is 32.7 Å². The van der Waals surface area contributed by atoms with E-state index in [0.717, 1.165) is 50.5 Å². The average Bonchev–Trinajstić information content (AvgIpc) is 2.92. The fraction of sp³-hybridized carbons (Fsp3) is 0.500. The van der Waals surface area contributed by atoms with Gasteiger partial charge < -0.3 is 10.2 Å². The lowest BCUT2D eigenvalue weighted by molar-refractivity contribution is 0.0972. The van der Waals surface area contributed by atoms with E-state index in [4.69, 9.17) is 0 Å². The van der Waals surface area contributed by atoms with E-state index >= 15 is 0 Å². The van der Waals surface area contributed by atoms with Crippen LogP contribution in [-0.2, 0) is 13.0 Å². The van der Waals surface area contributed by atoms with Crippen molar-refractivity contribution in [3.05, 3.63) is 34.9 Å². The van der Waals surface area contributed by atoms with Gasteiger partial charge in [0.05, 0.1) is 6.54 Å². The van der Waals surface area contributed by atoms with E-state index in [1.165, 1.54) is 11.1 Å². The Morgan fingerprint density at radius 1 is 1.35 bits per heavy atom. The molecule has 0 spiro atoms. The maximum Gasteiger partial charge on any atom is 0.194 e. The summed E-state index contributed by atoms with van der Waals surface area (Å²) in [6, 6.07) is 6.22. The quantitative estimate of drug-likeness (QED) is 0.914. The smallest absolute Gasteiger partial charge is 0.194 e. The van der Waals surface area contributed by atoms with Crippen LogP contribution in [0.2, 0.25) is 0 Å². The zero-order valence-electron chi connectivity index (χ0n) is 12.0. The number of rotatable bonds is 3. The van der Waals surface area contributed by atoms with E-state index in [1.54, 1.807) is 0 Å². The molecule has 0 radical (unpaired) electrons. The van der Waals surface area contributed by atoms with Crippen LogP contribution in [-0.4, -0.2) is 36.3 Å². The van der Waals surface area contributed by atoms with Crippen LogP contribution in [0.3, 0.4) is 0 Å². The molecule has 1 heterocycles. The van der Waals surface area contributed by atoms with E-state index < -0.39 is 0 Å². The summed E-state index contributed by atoms with van der Waals surface area (Å²) in [6.45, 7) is 5.81. The summed E-state index contributed by atoms with van der Waals surface area (Å²) in [5, 5.41) is 3.41. The number of hydrogen-bond acceptors (Lipinski definition) is 4. The van der Waals surface area contributed by atoms with Crippen molar-refractivity contribution in [2.75, 3.05) is 19.6 Å². The molecule has 4 heteroatoms. The Bertz CT molecular complexity index is 551. The predicted molar refractivity (Wildman–Crippen MR) is 80.1 cm³/mol. The molecule has 1 aliphatic carbocycles. The summed E-state index contributed by atoms with van der Waals surface area (Å²) < 4.78 is 0. The molecule has 2 aliphatic rings. The largest absolute Gasteiger partial charge is 0.352 e. The van der Waals surface area contributed by atoms with Gasteiger partial charge in [-0.25, -0.2) is 0 Å². The van der Waals surface area contributed by atoms with Gasteiger partial charge in [0.15, 0.2) is 11.7 Å². The molecule has 0 aromatic heterocycles. The number of hydrogen-bond donors (Lipinski definition) is 1. The molecule has 1 aromatic carbocycles. The lowest BCUT2D eigenvalue weighted by Gasteiger charge is -2.20. The van der Waals surface area contributed by atoms with Crippen molar-refractivity contribution < 1.29 is 4.79 Å². The van der Waals surface area contributed by atoms with E-state index in [9.17, 15) is 4.79 Å². The second kappa shape index (κ2) is 5.65. The van der Waals surface area contributed by atoms with Crippen LogP contribution in [0.1, 0.15) is 41.3 Å². The second-order valence-electron chi connectivity index (χ2n) is 5.41. The molecule has 1 N–H and O–H groups in total. The standard InChI is InChI=1S/C16H21N3O/c1-2-19-9-8-17-16(19)18-11-12-6-7-14-13(10-12)4-3-5-15(14)20/h6-7,10H,2-5,8-9,11H2,1H3,(H,17,18). The Morgan fingerprint density at radius 3 is 3.10 bits per heavy atom. The molecule has 106 valence electrons. The molecule has 0 unspecified atom stereocenters. The van der Waals surface area contributed by atoms with Gasteiger partial charge in [0, 0.05) is 31.6 Å². The number of nitrogens with one attached hydrogen (secondary N) is 1. The van der Waals surface area contributed by atoms with Gasteiger partial charge in [-0.1, -0.05) is 18.2 Å². The number of likely N-dealkylation sites (N-methyl/N-ethyl adjacent to an activating group) is 1. The fourth-order valence-electron chi connectivity index (χ4n) is 2.95. The highest BCUT2D eigenvalue weighted by Crippen LogP contribution is 2.22. The van der Waals surface area contributed by atoms with Crippen LogP contribution in [0.15, 0.2) is 23.2 Å². The van der Waals surface area contributed by atoms with Crippen molar-refractivity contribution in [3.8, 4) is 0 Å². The Balaban J connectivity index is 1.68. The minimum atomic E-state index is 0.295. The van der Waals surface area contributed by atoms with Gasteiger partial charge in [0.1, 0.15) is 0 Å². The molecule has 20 heavy (non-hydrogen) atoms. The van der Waals surface area contributed by atoms with Crippen molar-refractivity contribution >= 4 is 11.7 Å². The van der Waals surface area contributed by atoms with Crippen molar-refractivity contribution in [2.24, 2.45) is 4.99 Å². The molecular formula is C16H21N3O. The SMILES string of the molecule is CCN1CCN=C1NCc1ccc2c(c1)CCCC2=O. The molecular weight excluding hydrogens is 250 g/mol. The van der Waals surface area contributed by atoms with Crippen LogP contribution in [0.5, 0.6) is 0 Å². The number of benzene rings is 1. The summed E-state index contributed by atoms with van der Waals surface area (Å²) in [6.07, 6.45) is 2.71. The first-order valence-corrected chi connectivity index (χ1v) is 7.46. The van der Waals surface area contributed by atoms with Crippen molar-refractivity contribution in [1.82, 2.24) is 10.2 Å². The number of ketones is 1. The van der Waals surface area contributed by atoms with Crippen LogP contribution < -0.4 is 5.32 Å². The number of nitrogens with zero attached hydrogens (tertiary/aromatic N) is 2. The highest BCUT2D eigenvalue weighted by atomic mass is 16.1. The summed E-state index contributed by atoms with van der Waals surface area (Å²) in [4.78, 5) is 18.5. The lowest BCUT2D eigenvalue weighted by Crippen LogP contribution is -2.37. The normalized spacial score (nSPS) is 17.9. The number of carbonyl (C=O) groups is 1. The summed E-state index contributed by atoms with van der Waals surface area (Å²) >= 11 is 0. The van der Waals surface area contributed by atoms with Crippen LogP contribution in [0.4, 0.5) is 0 Å². The van der Waals surface area contributed by atoms with Gasteiger partial charge >= 0.3 is 0 Å². The lowest BCUT2D eigenvalue weighted by atomic mass is 9.89. The van der Waals surface area contributed by atoms with E-state index in [-0.39, 0.29) is 0 Å². The van der Waals surface area contributed by atoms with Gasteiger partial charge in [-0.2, -0.15) is 0 Å². The number of guanidine groups is 1. The number of aliphatic imine (C=N–C) groups is 1. The summed E-state index contributed by atoms with van der Waals surface area (Å²) in [7, 11) is 0. The first kappa shape index (κ1) is 13.2. The minimum Gasteiger partial charge on any atom is -0.352 e. The molecule has 0 fully saturated rings. The fourth-order valence-corrected chi connectivity index (χ4v) is 2.95. The predicted octanol–water partition coefficient (Wildman–Crippen LogP) is 1.99. The topological polar surface area (TPSA) is 44.7 Å². The third-order valence-electron chi connectivity index (χ3n) is 4.08. The highest BCUT2D eigenvalue weighted by Gasteiger charge is 2.18. The van der Waals surface area contributed by atoms with Crippen LogP contribution in [0.25, 0.3) is 0 Å². The monoisotopic (exact) mass is 271 g/mol. The van der Waals surface area contributed by atoms with Crippen LogP contribution in [0, 0.1) is 0 Å². The second-order valence-corrected chi connectivity index (χ2v) is 5.41. The molecule has 1 aliphatic heterocycles. The first-order chi connectivity index (χ1) is 9.78. The zero-order valence-corrected chi connectivity index (χ0v) is 12.0. The molecule has 0 saturated heterocycles. The summed E-state index contributed by atoms with van der Waals surface area (Å²) in [5.41, 5.74) is 3.36. The number of carbonyl (C=O) groups excluding carboxylic acids is 1. The molecule has 0 saturated carbocycles. The van der Waals surface area contributed by atoms with E-state index in [2.05, 4.69) is 34.3 Å². The zero-order chi connectivity index (χ0) is 13.9. The van der Waals surface area contributed by atoms with Crippen molar-refractivity contribution in [3.63, 3.8) is 0 Å². The number of fused-ring (bicyclic) bond motifs is 1. The first-order valence-electron chi connectivity index (χ1n) is 7.46. The highest BCUT2D eigenvalue weighted by molar-refractivity contribution is 5.98. The Labute approximate surface area is 119 Å². The van der Waals surface area contributed by atoms with Gasteiger partial charge in [-0.3, -0.25) is 9.79 Å². The molecule has 3 rings (SSSR count). The number of aryl methyl sites for hydroxylation is 1. The summed E-state index contributed by atoms with van der Waals surface area (Å²) in [5.74, 6) is 1.30. The van der Waals surface area contributed by atoms with E-state index in [1.807, 2.05) is 6.07 Å². The van der Waals surface area contributed by atoms with Gasteiger partial charge in [0.2, 0.25) is 0 Å². The van der Waals surface area contributed by atoms with Crippen LogP contribution >= 0.6 is 0 Å². The molecule has 1 aromatic rings. The Morgan fingerprint density at radius 2 is 2.25 bits per heavy atom. The molecule has 0 bridgehead atoms. The molecule has 0 amide bonds. The maximum absolute atomic E-state index is 11.8. The third kappa shape index (κ3) is 2.55. The molecule has 0 atom stereocenters.